The van der Waals surface area contributed by atoms with Crippen molar-refractivity contribution in [2.24, 2.45) is 5.92 Å². The van der Waals surface area contributed by atoms with Crippen LogP contribution in [0.4, 0.5) is 0 Å². The van der Waals surface area contributed by atoms with Gasteiger partial charge in [0.2, 0.25) is 5.91 Å². The topological polar surface area (TPSA) is 32.8 Å². The molecule has 1 amide bonds. The maximum absolute atomic E-state index is 12.1. The van der Waals surface area contributed by atoms with Crippen molar-refractivity contribution < 1.29 is 9.53 Å². The van der Waals surface area contributed by atoms with Crippen molar-refractivity contribution in [1.82, 2.24) is 9.80 Å². The Morgan fingerprint density at radius 1 is 1.37 bits per heavy atom. The second kappa shape index (κ2) is 7.25. The average molecular weight is 268 g/mol. The summed E-state index contributed by atoms with van der Waals surface area (Å²) in [5.74, 6) is 0.930. The number of hydrogen-bond acceptors (Lipinski definition) is 3. The first-order valence-electron chi connectivity index (χ1n) is 7.69. The molecule has 0 aromatic heterocycles. The van der Waals surface area contributed by atoms with E-state index in [2.05, 4.69) is 11.9 Å². The molecular weight excluding hydrogens is 240 g/mol. The lowest BCUT2D eigenvalue weighted by Gasteiger charge is -2.32. The Balaban J connectivity index is 1.66. The number of likely N-dealkylation sites (tertiary alicyclic amines) is 1. The molecule has 4 heteroatoms. The molecule has 2 aliphatic rings. The van der Waals surface area contributed by atoms with E-state index in [4.69, 9.17) is 4.74 Å². The Hall–Kier alpha value is -0.610. The predicted molar refractivity (Wildman–Crippen MR) is 76.1 cm³/mol. The molecule has 2 rings (SSSR count). The Morgan fingerprint density at radius 3 is 2.89 bits per heavy atom. The number of rotatable bonds is 5. The largest absolute Gasteiger partial charge is 0.378 e. The number of amides is 1. The molecule has 2 atom stereocenters. The number of hydrogen-bond donors (Lipinski definition) is 0. The van der Waals surface area contributed by atoms with Gasteiger partial charge < -0.3 is 14.5 Å². The summed E-state index contributed by atoms with van der Waals surface area (Å²) in [7, 11) is 4.12. The molecular formula is C15H28N2O2. The average Bonchev–Trinajstić information content (AvgIpc) is 2.89. The van der Waals surface area contributed by atoms with Crippen molar-refractivity contribution in [3.05, 3.63) is 0 Å². The van der Waals surface area contributed by atoms with Crippen LogP contribution in [0.25, 0.3) is 0 Å². The summed E-state index contributed by atoms with van der Waals surface area (Å²) in [6.07, 6.45) is 6.68. The molecule has 0 unspecified atom stereocenters. The minimum absolute atomic E-state index is 0.281. The minimum atomic E-state index is 0.281. The first kappa shape index (κ1) is 14.8. The first-order chi connectivity index (χ1) is 9.15. The quantitative estimate of drug-likeness (QED) is 0.761. The van der Waals surface area contributed by atoms with E-state index in [-0.39, 0.29) is 5.91 Å². The molecule has 0 bridgehead atoms. The van der Waals surface area contributed by atoms with E-state index >= 15 is 0 Å². The van der Waals surface area contributed by atoms with Crippen LogP contribution in [0.5, 0.6) is 0 Å². The van der Waals surface area contributed by atoms with E-state index in [1.54, 1.807) is 0 Å². The standard InChI is InChI=1S/C15H28N2O2/c1-16-9-3-5-13(11-16)12-17(2)15(18)8-7-14-6-4-10-19-14/h13-14H,3-12H2,1-2H3/t13-,14-/m1/s1. The van der Waals surface area contributed by atoms with Crippen LogP contribution in [0.15, 0.2) is 0 Å². The minimum Gasteiger partial charge on any atom is -0.378 e. The van der Waals surface area contributed by atoms with Gasteiger partial charge in [-0.1, -0.05) is 0 Å². The zero-order valence-electron chi connectivity index (χ0n) is 12.4. The highest BCUT2D eigenvalue weighted by Crippen LogP contribution is 2.19. The molecule has 0 aromatic rings. The van der Waals surface area contributed by atoms with E-state index in [1.165, 1.54) is 19.4 Å². The molecule has 2 fully saturated rings. The van der Waals surface area contributed by atoms with E-state index < -0.39 is 0 Å². The zero-order valence-corrected chi connectivity index (χ0v) is 12.4. The van der Waals surface area contributed by atoms with Gasteiger partial charge in [0.05, 0.1) is 6.10 Å². The van der Waals surface area contributed by atoms with Crippen LogP contribution in [0, 0.1) is 5.92 Å². The Labute approximate surface area is 117 Å². The number of ether oxygens (including phenoxy) is 1. The van der Waals surface area contributed by atoms with Crippen LogP contribution < -0.4 is 0 Å². The first-order valence-corrected chi connectivity index (χ1v) is 7.69. The number of carbonyl (C=O) groups excluding carboxylic acids is 1. The summed E-state index contributed by atoms with van der Waals surface area (Å²) < 4.78 is 5.57. The van der Waals surface area contributed by atoms with Gasteiger partial charge in [-0.2, -0.15) is 0 Å². The maximum atomic E-state index is 12.1. The Kier molecular flexibility index (Phi) is 5.64. The molecule has 0 aromatic carbocycles. The highest BCUT2D eigenvalue weighted by molar-refractivity contribution is 5.75. The lowest BCUT2D eigenvalue weighted by Crippen LogP contribution is -2.40. The zero-order chi connectivity index (χ0) is 13.7. The SMILES string of the molecule is CN1CCC[C@@H](CN(C)C(=O)CC[C@H]2CCCO2)C1. The van der Waals surface area contributed by atoms with Crippen LogP contribution in [0.3, 0.4) is 0 Å². The third-order valence-electron chi connectivity index (χ3n) is 4.38. The molecule has 0 N–H and O–H groups in total. The summed E-state index contributed by atoms with van der Waals surface area (Å²) in [5.41, 5.74) is 0. The highest BCUT2D eigenvalue weighted by Gasteiger charge is 2.22. The number of piperidine rings is 1. The molecule has 19 heavy (non-hydrogen) atoms. The van der Waals surface area contributed by atoms with Crippen molar-refractivity contribution in [2.75, 3.05) is 40.3 Å². The fourth-order valence-corrected chi connectivity index (χ4v) is 3.26. The predicted octanol–water partition coefficient (Wildman–Crippen LogP) is 1.75. The van der Waals surface area contributed by atoms with Gasteiger partial charge in [-0.3, -0.25) is 4.79 Å². The van der Waals surface area contributed by atoms with Gasteiger partial charge in [-0.15, -0.1) is 0 Å². The molecule has 2 aliphatic heterocycles. The van der Waals surface area contributed by atoms with Crippen molar-refractivity contribution in [3.8, 4) is 0 Å². The van der Waals surface area contributed by atoms with Crippen LogP contribution in [0.2, 0.25) is 0 Å². The van der Waals surface area contributed by atoms with Crippen molar-refractivity contribution >= 4 is 5.91 Å². The molecule has 0 saturated carbocycles. The van der Waals surface area contributed by atoms with E-state index in [1.807, 2.05) is 11.9 Å². The van der Waals surface area contributed by atoms with E-state index in [0.717, 1.165) is 39.0 Å². The van der Waals surface area contributed by atoms with Crippen LogP contribution in [-0.4, -0.2) is 62.1 Å². The third-order valence-corrected chi connectivity index (χ3v) is 4.38. The molecule has 0 spiro atoms. The normalized spacial score (nSPS) is 28.5. The van der Waals surface area contributed by atoms with Crippen LogP contribution in [-0.2, 0) is 9.53 Å². The Bertz CT molecular complexity index is 290. The van der Waals surface area contributed by atoms with Crippen molar-refractivity contribution in [2.45, 2.75) is 44.6 Å². The molecule has 4 nitrogen and oxygen atoms in total. The highest BCUT2D eigenvalue weighted by atomic mass is 16.5. The van der Waals surface area contributed by atoms with Crippen molar-refractivity contribution in [1.29, 1.82) is 0 Å². The van der Waals surface area contributed by atoms with Crippen molar-refractivity contribution in [3.63, 3.8) is 0 Å². The summed E-state index contributed by atoms with van der Waals surface area (Å²) in [6, 6.07) is 0. The number of carbonyl (C=O) groups is 1. The van der Waals surface area contributed by atoms with Gasteiger partial charge in [0, 0.05) is 33.2 Å². The van der Waals surface area contributed by atoms with Gasteiger partial charge in [0.25, 0.3) is 0 Å². The summed E-state index contributed by atoms with van der Waals surface area (Å²) in [5, 5.41) is 0. The van der Waals surface area contributed by atoms with Gasteiger partial charge >= 0.3 is 0 Å². The molecule has 2 saturated heterocycles. The van der Waals surface area contributed by atoms with E-state index in [9.17, 15) is 4.79 Å². The second-order valence-corrected chi connectivity index (χ2v) is 6.22. The lowest BCUT2D eigenvalue weighted by molar-refractivity contribution is -0.131. The van der Waals surface area contributed by atoms with Gasteiger partial charge in [-0.05, 0) is 51.6 Å². The summed E-state index contributed by atoms with van der Waals surface area (Å²) in [6.45, 7) is 4.12. The van der Waals surface area contributed by atoms with Gasteiger partial charge in [0.1, 0.15) is 0 Å². The second-order valence-electron chi connectivity index (χ2n) is 6.22. The van der Waals surface area contributed by atoms with Crippen LogP contribution in [0.1, 0.15) is 38.5 Å². The van der Waals surface area contributed by atoms with E-state index in [0.29, 0.717) is 18.4 Å². The molecule has 110 valence electrons. The Morgan fingerprint density at radius 2 is 2.21 bits per heavy atom. The molecule has 0 radical (unpaired) electrons. The fraction of sp³-hybridized carbons (Fsp3) is 0.933. The monoisotopic (exact) mass is 268 g/mol. The fourth-order valence-electron chi connectivity index (χ4n) is 3.26. The summed E-state index contributed by atoms with van der Waals surface area (Å²) in [4.78, 5) is 16.4. The van der Waals surface area contributed by atoms with Crippen LogP contribution >= 0.6 is 0 Å². The van der Waals surface area contributed by atoms with Gasteiger partial charge in [0.15, 0.2) is 0 Å². The number of nitrogens with zero attached hydrogens (tertiary/aromatic N) is 2. The third kappa shape index (κ3) is 4.77. The lowest BCUT2D eigenvalue weighted by atomic mass is 9.98. The smallest absolute Gasteiger partial charge is 0.222 e. The summed E-state index contributed by atoms with van der Waals surface area (Å²) >= 11 is 0. The molecule has 2 heterocycles. The molecule has 0 aliphatic carbocycles. The maximum Gasteiger partial charge on any atom is 0.222 e. The van der Waals surface area contributed by atoms with Gasteiger partial charge in [-0.25, -0.2) is 0 Å².